The third-order valence-corrected chi connectivity index (χ3v) is 4.59. The van der Waals surface area contributed by atoms with Gasteiger partial charge in [0.1, 0.15) is 0 Å². The van der Waals surface area contributed by atoms with Crippen LogP contribution in [0.25, 0.3) is 0 Å². The second-order valence-corrected chi connectivity index (χ2v) is 6.30. The molecule has 1 rings (SSSR count). The van der Waals surface area contributed by atoms with Crippen molar-refractivity contribution in [1.29, 1.82) is 0 Å². The molecule has 0 amide bonds. The zero-order valence-corrected chi connectivity index (χ0v) is 11.1. The number of hydrogen-bond donors (Lipinski definition) is 2. The van der Waals surface area contributed by atoms with Gasteiger partial charge in [0.25, 0.3) is 0 Å². The van der Waals surface area contributed by atoms with Gasteiger partial charge in [-0.05, 0) is 26.8 Å². The second kappa shape index (κ2) is 5.44. The Kier molecular flexibility index (Phi) is 4.73. The standard InChI is InChI=1S/C10H22N2O3S/c1-4-11-6-8-16(13,14)12-10(3)5-7-15-9(10)2/h9,11-12H,4-8H2,1-3H3. The monoisotopic (exact) mass is 250 g/mol. The average Bonchev–Trinajstić information content (AvgIpc) is 2.46. The van der Waals surface area contributed by atoms with E-state index >= 15 is 0 Å². The van der Waals surface area contributed by atoms with Crippen LogP contribution in [0.2, 0.25) is 0 Å². The lowest BCUT2D eigenvalue weighted by molar-refractivity contribution is 0.0957. The molecule has 0 spiro atoms. The van der Waals surface area contributed by atoms with E-state index in [9.17, 15) is 8.42 Å². The fraction of sp³-hybridized carbons (Fsp3) is 1.00. The van der Waals surface area contributed by atoms with Crippen molar-refractivity contribution in [2.24, 2.45) is 0 Å². The molecule has 5 nitrogen and oxygen atoms in total. The minimum absolute atomic E-state index is 0.0681. The topological polar surface area (TPSA) is 67.4 Å². The van der Waals surface area contributed by atoms with E-state index in [1.807, 2.05) is 20.8 Å². The summed E-state index contributed by atoms with van der Waals surface area (Å²) in [5.74, 6) is 0.114. The van der Waals surface area contributed by atoms with Crippen LogP contribution in [0.1, 0.15) is 27.2 Å². The number of sulfonamides is 1. The van der Waals surface area contributed by atoms with E-state index in [2.05, 4.69) is 10.0 Å². The van der Waals surface area contributed by atoms with E-state index in [0.717, 1.165) is 13.0 Å². The van der Waals surface area contributed by atoms with Crippen LogP contribution in [-0.4, -0.2) is 45.5 Å². The molecule has 0 aliphatic carbocycles. The molecule has 0 radical (unpaired) electrons. The van der Waals surface area contributed by atoms with E-state index in [4.69, 9.17) is 4.74 Å². The van der Waals surface area contributed by atoms with Gasteiger partial charge in [0.15, 0.2) is 0 Å². The molecule has 0 bridgehead atoms. The van der Waals surface area contributed by atoms with Crippen molar-refractivity contribution in [3.63, 3.8) is 0 Å². The van der Waals surface area contributed by atoms with Crippen LogP contribution in [0.3, 0.4) is 0 Å². The van der Waals surface area contributed by atoms with Crippen LogP contribution in [0, 0.1) is 0 Å². The van der Waals surface area contributed by atoms with Crippen LogP contribution in [-0.2, 0) is 14.8 Å². The minimum Gasteiger partial charge on any atom is -0.376 e. The summed E-state index contributed by atoms with van der Waals surface area (Å²) in [5, 5.41) is 3.00. The Morgan fingerprint density at radius 2 is 2.19 bits per heavy atom. The molecule has 16 heavy (non-hydrogen) atoms. The highest BCUT2D eigenvalue weighted by molar-refractivity contribution is 7.89. The molecule has 0 saturated carbocycles. The van der Waals surface area contributed by atoms with Crippen molar-refractivity contribution < 1.29 is 13.2 Å². The molecule has 1 aliphatic rings. The summed E-state index contributed by atoms with van der Waals surface area (Å²) in [6.07, 6.45) is 0.663. The summed E-state index contributed by atoms with van der Waals surface area (Å²) in [6, 6.07) is 0. The molecule has 1 heterocycles. The van der Waals surface area contributed by atoms with E-state index in [1.54, 1.807) is 0 Å². The maximum atomic E-state index is 11.8. The summed E-state index contributed by atoms with van der Waals surface area (Å²) >= 11 is 0. The van der Waals surface area contributed by atoms with Crippen molar-refractivity contribution >= 4 is 10.0 Å². The van der Waals surface area contributed by atoms with Gasteiger partial charge in [-0.25, -0.2) is 13.1 Å². The largest absolute Gasteiger partial charge is 0.376 e. The Morgan fingerprint density at radius 1 is 1.50 bits per heavy atom. The van der Waals surface area contributed by atoms with Crippen LogP contribution in [0.15, 0.2) is 0 Å². The maximum absolute atomic E-state index is 11.8. The Labute approximate surface area is 98.0 Å². The first kappa shape index (κ1) is 13.9. The second-order valence-electron chi connectivity index (χ2n) is 4.45. The molecule has 1 aliphatic heterocycles. The van der Waals surface area contributed by atoms with E-state index in [1.165, 1.54) is 0 Å². The summed E-state index contributed by atoms with van der Waals surface area (Å²) < 4.78 is 31.8. The predicted molar refractivity (Wildman–Crippen MR) is 63.9 cm³/mol. The fourth-order valence-electron chi connectivity index (χ4n) is 1.76. The molecule has 0 aromatic rings. The summed E-state index contributed by atoms with van der Waals surface area (Å²) in [6.45, 7) is 7.64. The summed E-state index contributed by atoms with van der Waals surface area (Å²) in [5.41, 5.74) is -0.453. The summed E-state index contributed by atoms with van der Waals surface area (Å²) in [7, 11) is -3.22. The molecule has 96 valence electrons. The molecule has 1 saturated heterocycles. The summed E-state index contributed by atoms with van der Waals surface area (Å²) in [4.78, 5) is 0. The highest BCUT2D eigenvalue weighted by Crippen LogP contribution is 2.25. The Hall–Kier alpha value is -0.170. The lowest BCUT2D eigenvalue weighted by atomic mass is 9.97. The van der Waals surface area contributed by atoms with Crippen molar-refractivity contribution in [2.75, 3.05) is 25.4 Å². The molecule has 2 N–H and O–H groups in total. The number of rotatable bonds is 6. The lowest BCUT2D eigenvalue weighted by Crippen LogP contribution is -2.51. The quantitative estimate of drug-likeness (QED) is 0.655. The Balaban J connectivity index is 2.51. The number of nitrogens with one attached hydrogen (secondary N) is 2. The third-order valence-electron chi connectivity index (χ3n) is 3.07. The normalized spacial score (nSPS) is 30.8. The molecule has 1 fully saturated rings. The van der Waals surface area contributed by atoms with Crippen LogP contribution in [0.5, 0.6) is 0 Å². The first-order valence-corrected chi connectivity index (χ1v) is 7.39. The van der Waals surface area contributed by atoms with Crippen molar-refractivity contribution in [1.82, 2.24) is 10.0 Å². The van der Waals surface area contributed by atoms with Gasteiger partial charge < -0.3 is 10.1 Å². The first-order chi connectivity index (χ1) is 7.40. The highest BCUT2D eigenvalue weighted by atomic mass is 32.2. The smallest absolute Gasteiger partial charge is 0.213 e. The molecular weight excluding hydrogens is 228 g/mol. The van der Waals surface area contributed by atoms with Crippen LogP contribution < -0.4 is 10.0 Å². The predicted octanol–water partition coefficient (Wildman–Crippen LogP) is 0.0828. The first-order valence-electron chi connectivity index (χ1n) is 5.73. The van der Waals surface area contributed by atoms with E-state index < -0.39 is 15.6 Å². The van der Waals surface area contributed by atoms with Gasteiger partial charge in [-0.3, -0.25) is 0 Å². The number of ether oxygens (including phenoxy) is 1. The molecule has 0 aromatic heterocycles. The maximum Gasteiger partial charge on any atom is 0.213 e. The molecule has 2 atom stereocenters. The van der Waals surface area contributed by atoms with Crippen molar-refractivity contribution in [2.45, 2.75) is 38.8 Å². The minimum atomic E-state index is -3.22. The number of hydrogen-bond acceptors (Lipinski definition) is 4. The van der Waals surface area contributed by atoms with Gasteiger partial charge in [-0.2, -0.15) is 0 Å². The van der Waals surface area contributed by atoms with Gasteiger partial charge in [-0.15, -0.1) is 0 Å². The van der Waals surface area contributed by atoms with Gasteiger partial charge >= 0.3 is 0 Å². The molecule has 6 heteroatoms. The van der Waals surface area contributed by atoms with Crippen molar-refractivity contribution in [3.8, 4) is 0 Å². The van der Waals surface area contributed by atoms with Crippen LogP contribution >= 0.6 is 0 Å². The van der Waals surface area contributed by atoms with E-state index in [-0.39, 0.29) is 11.9 Å². The van der Waals surface area contributed by atoms with Gasteiger partial charge in [0.2, 0.25) is 10.0 Å². The third kappa shape index (κ3) is 3.69. The van der Waals surface area contributed by atoms with Gasteiger partial charge in [0.05, 0.1) is 17.4 Å². The van der Waals surface area contributed by atoms with Gasteiger partial charge in [0, 0.05) is 13.2 Å². The van der Waals surface area contributed by atoms with E-state index in [0.29, 0.717) is 13.2 Å². The Bertz CT molecular complexity index is 318. The SMILES string of the molecule is CCNCCS(=O)(=O)NC1(C)CCOC1C. The average molecular weight is 250 g/mol. The highest BCUT2D eigenvalue weighted by Gasteiger charge is 2.39. The van der Waals surface area contributed by atoms with Gasteiger partial charge in [-0.1, -0.05) is 6.92 Å². The fourth-order valence-corrected chi connectivity index (χ4v) is 3.25. The zero-order valence-electron chi connectivity index (χ0n) is 10.2. The molecule has 0 aromatic carbocycles. The molecule has 2 unspecified atom stereocenters. The lowest BCUT2D eigenvalue weighted by Gasteiger charge is -2.28. The van der Waals surface area contributed by atoms with Crippen LogP contribution in [0.4, 0.5) is 0 Å². The zero-order chi connectivity index (χ0) is 12.2. The van der Waals surface area contributed by atoms with Crippen molar-refractivity contribution in [3.05, 3.63) is 0 Å². The Morgan fingerprint density at radius 3 is 2.69 bits per heavy atom. The molecular formula is C10H22N2O3S.